The third kappa shape index (κ3) is 4.44. The van der Waals surface area contributed by atoms with Crippen molar-refractivity contribution in [2.24, 2.45) is 0 Å². The van der Waals surface area contributed by atoms with Crippen LogP contribution < -0.4 is 15.8 Å². The average Bonchev–Trinajstić information content (AvgIpc) is 2.55. The predicted octanol–water partition coefficient (Wildman–Crippen LogP) is 4.26. The summed E-state index contributed by atoms with van der Waals surface area (Å²) < 4.78 is 40.0. The molecule has 3 rings (SSSR count). The first-order chi connectivity index (χ1) is 12.2. The van der Waals surface area contributed by atoms with Gasteiger partial charge in [0.25, 0.3) is 0 Å². The lowest BCUT2D eigenvalue weighted by Crippen LogP contribution is -2.28. The Balaban J connectivity index is 1.77. The van der Waals surface area contributed by atoms with Crippen molar-refractivity contribution in [1.82, 2.24) is 9.97 Å². The molecule has 136 valence electrons. The normalized spacial score (nSPS) is 11.7. The van der Waals surface area contributed by atoms with Crippen LogP contribution >= 0.6 is 23.7 Å². The lowest BCUT2D eigenvalue weighted by atomic mass is 10.2. The molecule has 0 saturated heterocycles. The van der Waals surface area contributed by atoms with Gasteiger partial charge < -0.3 is 14.7 Å². The fourth-order valence-electron chi connectivity index (χ4n) is 2.20. The molecule has 10 heteroatoms. The van der Waals surface area contributed by atoms with Gasteiger partial charge in [0.2, 0.25) is 0 Å². The molecule has 0 amide bonds. The van der Waals surface area contributed by atoms with Crippen LogP contribution in [0.4, 0.5) is 18.9 Å². The summed E-state index contributed by atoms with van der Waals surface area (Å²) in [6.07, 6.45) is 0. The fourth-order valence-corrected chi connectivity index (χ4v) is 3.50. The first kappa shape index (κ1) is 18.5. The summed E-state index contributed by atoms with van der Waals surface area (Å²) in [5, 5.41) is 0. The standard InChI is InChI=1S/C16H12F3N3O2S2/c1-8-6-11-12(21-15(24)14(23)20-11)7-13(8)26-22-9-2-4-10(5-3-9)25-16(17,18)19/h2-7,22H,1H3,(H,20,23)(H,21,24). The first-order valence-corrected chi connectivity index (χ1v) is 8.90. The van der Waals surface area contributed by atoms with Crippen molar-refractivity contribution in [1.29, 1.82) is 0 Å². The van der Waals surface area contributed by atoms with Gasteiger partial charge in [-0.2, -0.15) is 13.2 Å². The predicted molar refractivity (Wildman–Crippen MR) is 97.8 cm³/mol. The summed E-state index contributed by atoms with van der Waals surface area (Å²) in [6, 6.07) is 9.33. The molecule has 26 heavy (non-hydrogen) atoms. The summed E-state index contributed by atoms with van der Waals surface area (Å²) in [5.74, 6) is 0. The Morgan fingerprint density at radius 3 is 2.12 bits per heavy atom. The molecule has 0 fully saturated rings. The van der Waals surface area contributed by atoms with Crippen LogP contribution in [0.5, 0.6) is 0 Å². The maximum atomic E-state index is 12.3. The van der Waals surface area contributed by atoms with E-state index in [9.17, 15) is 22.8 Å². The second-order valence-electron chi connectivity index (χ2n) is 5.35. The van der Waals surface area contributed by atoms with Crippen LogP contribution in [-0.2, 0) is 0 Å². The second-order valence-corrected chi connectivity index (χ2v) is 7.33. The number of benzene rings is 2. The van der Waals surface area contributed by atoms with Gasteiger partial charge in [-0.1, -0.05) is 0 Å². The van der Waals surface area contributed by atoms with E-state index in [0.29, 0.717) is 16.7 Å². The molecule has 3 N–H and O–H groups in total. The lowest BCUT2D eigenvalue weighted by Gasteiger charge is -2.10. The lowest BCUT2D eigenvalue weighted by molar-refractivity contribution is -0.0328. The van der Waals surface area contributed by atoms with E-state index in [2.05, 4.69) is 14.7 Å². The van der Waals surface area contributed by atoms with Gasteiger partial charge in [-0.15, -0.1) is 0 Å². The Labute approximate surface area is 153 Å². The molecule has 0 saturated carbocycles. The SMILES string of the molecule is Cc1cc2[nH]c(=O)c(=O)[nH]c2cc1SNc1ccc(SC(F)(F)F)cc1. The number of fused-ring (bicyclic) bond motifs is 1. The van der Waals surface area contributed by atoms with E-state index in [-0.39, 0.29) is 16.7 Å². The van der Waals surface area contributed by atoms with E-state index < -0.39 is 16.6 Å². The number of aromatic amines is 2. The van der Waals surface area contributed by atoms with E-state index in [4.69, 9.17) is 0 Å². The van der Waals surface area contributed by atoms with Crippen molar-refractivity contribution in [2.45, 2.75) is 22.2 Å². The van der Waals surface area contributed by atoms with Crippen LogP contribution in [0.1, 0.15) is 5.56 Å². The van der Waals surface area contributed by atoms with Gasteiger partial charge in [0.15, 0.2) is 0 Å². The van der Waals surface area contributed by atoms with E-state index in [1.54, 1.807) is 24.3 Å². The van der Waals surface area contributed by atoms with Crippen molar-refractivity contribution in [2.75, 3.05) is 4.72 Å². The molecule has 1 heterocycles. The van der Waals surface area contributed by atoms with Crippen LogP contribution in [0.3, 0.4) is 0 Å². The number of hydrogen-bond donors (Lipinski definition) is 3. The van der Waals surface area contributed by atoms with Crippen molar-refractivity contribution in [3.8, 4) is 0 Å². The van der Waals surface area contributed by atoms with Gasteiger partial charge >= 0.3 is 16.6 Å². The van der Waals surface area contributed by atoms with Gasteiger partial charge in [-0.3, -0.25) is 9.59 Å². The van der Waals surface area contributed by atoms with E-state index in [1.165, 1.54) is 24.1 Å². The number of anilines is 1. The minimum absolute atomic E-state index is 0.108. The molecule has 0 aliphatic rings. The number of H-pyrrole nitrogens is 2. The van der Waals surface area contributed by atoms with Crippen molar-refractivity contribution in [3.05, 3.63) is 62.7 Å². The van der Waals surface area contributed by atoms with Gasteiger partial charge in [0, 0.05) is 15.5 Å². The number of alkyl halides is 3. The van der Waals surface area contributed by atoms with Gasteiger partial charge in [-0.25, -0.2) is 0 Å². The number of nitrogens with one attached hydrogen (secondary N) is 3. The van der Waals surface area contributed by atoms with Gasteiger partial charge in [-0.05, 0) is 72.6 Å². The Morgan fingerprint density at radius 2 is 1.54 bits per heavy atom. The Hall–Kier alpha value is -2.33. The highest BCUT2D eigenvalue weighted by molar-refractivity contribution is 8.00. The summed E-state index contributed by atoms with van der Waals surface area (Å²) in [5.41, 5.74) is -3.26. The fraction of sp³-hybridized carbons (Fsp3) is 0.125. The Morgan fingerprint density at radius 1 is 0.962 bits per heavy atom. The zero-order valence-electron chi connectivity index (χ0n) is 13.2. The third-order valence-electron chi connectivity index (χ3n) is 3.38. The maximum absolute atomic E-state index is 12.3. The molecule has 0 bridgehead atoms. The number of hydrogen-bond acceptors (Lipinski definition) is 5. The molecule has 2 aromatic carbocycles. The quantitative estimate of drug-likeness (QED) is 0.347. The van der Waals surface area contributed by atoms with Crippen LogP contribution in [-0.4, -0.2) is 15.5 Å². The number of halogens is 3. The minimum Gasteiger partial charge on any atom is -0.326 e. The highest BCUT2D eigenvalue weighted by atomic mass is 32.2. The monoisotopic (exact) mass is 399 g/mol. The molecule has 5 nitrogen and oxygen atoms in total. The molecular weight excluding hydrogens is 387 g/mol. The third-order valence-corrected chi connectivity index (χ3v) is 5.12. The molecule has 0 unspecified atom stereocenters. The molecule has 0 aliphatic carbocycles. The van der Waals surface area contributed by atoms with Gasteiger partial charge in [0.05, 0.1) is 11.0 Å². The molecule has 1 aromatic heterocycles. The molecule has 0 aliphatic heterocycles. The molecular formula is C16H12F3N3O2S2. The summed E-state index contributed by atoms with van der Waals surface area (Å²) >= 11 is 1.08. The summed E-state index contributed by atoms with van der Waals surface area (Å²) in [7, 11) is 0. The highest BCUT2D eigenvalue weighted by Crippen LogP contribution is 2.37. The van der Waals surface area contributed by atoms with Gasteiger partial charge in [0.1, 0.15) is 0 Å². The van der Waals surface area contributed by atoms with Crippen molar-refractivity contribution >= 4 is 40.4 Å². The average molecular weight is 399 g/mol. The topological polar surface area (TPSA) is 77.8 Å². The smallest absolute Gasteiger partial charge is 0.326 e. The number of aryl methyl sites for hydroxylation is 1. The number of rotatable bonds is 4. The largest absolute Gasteiger partial charge is 0.446 e. The van der Waals surface area contributed by atoms with Crippen molar-refractivity contribution in [3.63, 3.8) is 0 Å². The second kappa shape index (κ2) is 7.12. The zero-order chi connectivity index (χ0) is 18.9. The Bertz CT molecular complexity index is 1060. The van der Waals surface area contributed by atoms with Crippen LogP contribution in [0.2, 0.25) is 0 Å². The molecule has 0 atom stereocenters. The summed E-state index contributed by atoms with van der Waals surface area (Å²) in [6.45, 7) is 1.84. The van der Waals surface area contributed by atoms with Crippen LogP contribution in [0.15, 0.2) is 55.8 Å². The molecule has 0 radical (unpaired) electrons. The maximum Gasteiger partial charge on any atom is 0.446 e. The summed E-state index contributed by atoms with van der Waals surface area (Å²) in [4.78, 5) is 28.7. The Kier molecular flexibility index (Phi) is 5.05. The number of aromatic nitrogens is 2. The van der Waals surface area contributed by atoms with E-state index >= 15 is 0 Å². The van der Waals surface area contributed by atoms with Crippen LogP contribution in [0, 0.1) is 6.92 Å². The van der Waals surface area contributed by atoms with E-state index in [0.717, 1.165) is 10.5 Å². The minimum atomic E-state index is -4.32. The van der Waals surface area contributed by atoms with E-state index in [1.807, 2.05) is 6.92 Å². The highest BCUT2D eigenvalue weighted by Gasteiger charge is 2.28. The van der Waals surface area contributed by atoms with Crippen LogP contribution in [0.25, 0.3) is 11.0 Å². The van der Waals surface area contributed by atoms with Crippen molar-refractivity contribution < 1.29 is 13.2 Å². The zero-order valence-corrected chi connectivity index (χ0v) is 14.9. The number of thioether (sulfide) groups is 1. The first-order valence-electron chi connectivity index (χ1n) is 7.27. The molecule has 3 aromatic rings. The molecule has 0 spiro atoms.